The maximum absolute atomic E-state index is 11.2. The number of hydrogen-bond acceptors (Lipinski definition) is 3. The van der Waals surface area contributed by atoms with Crippen LogP contribution in [0.1, 0.15) is 6.92 Å². The minimum Gasteiger partial charge on any atom is -0.397 e. The van der Waals surface area contributed by atoms with Gasteiger partial charge in [0.25, 0.3) is 0 Å². The van der Waals surface area contributed by atoms with Gasteiger partial charge >= 0.3 is 0 Å². The smallest absolute Gasteiger partial charge is 0.241 e. The van der Waals surface area contributed by atoms with E-state index in [4.69, 9.17) is 5.73 Å². The van der Waals surface area contributed by atoms with Crippen LogP contribution in [-0.2, 0) is 4.79 Å². The van der Waals surface area contributed by atoms with Gasteiger partial charge in [-0.15, -0.1) is 0 Å². The number of nitrogens with two attached hydrogens (primary N) is 1. The van der Waals surface area contributed by atoms with Gasteiger partial charge in [0.15, 0.2) is 0 Å². The fourth-order valence-electron chi connectivity index (χ4n) is 1.14. The topological polar surface area (TPSA) is 67.2 Å². The van der Waals surface area contributed by atoms with E-state index < -0.39 is 0 Å². The molecular weight excluding hydrogens is 178 g/mol. The van der Waals surface area contributed by atoms with Gasteiger partial charge in [-0.2, -0.15) is 0 Å². The van der Waals surface area contributed by atoms with Crippen molar-refractivity contribution >= 4 is 17.3 Å². The number of anilines is 2. The molecule has 1 unspecified atom stereocenters. The third-order valence-corrected chi connectivity index (χ3v) is 1.97. The summed E-state index contributed by atoms with van der Waals surface area (Å²) in [7, 11) is 1.61. The molecule has 0 bridgehead atoms. The van der Waals surface area contributed by atoms with E-state index in [0.29, 0.717) is 5.69 Å². The Bertz CT molecular complexity index is 325. The second-order valence-corrected chi connectivity index (χ2v) is 3.07. The summed E-state index contributed by atoms with van der Waals surface area (Å²) in [5.74, 6) is -0.0618. The molecule has 14 heavy (non-hydrogen) atoms. The lowest BCUT2D eigenvalue weighted by Crippen LogP contribution is -2.35. The van der Waals surface area contributed by atoms with Crippen molar-refractivity contribution in [2.24, 2.45) is 0 Å². The van der Waals surface area contributed by atoms with Gasteiger partial charge in [0.05, 0.1) is 11.4 Å². The number of benzene rings is 1. The lowest BCUT2D eigenvalue weighted by molar-refractivity contribution is -0.121. The molecule has 1 rings (SSSR count). The molecular formula is C10H15N3O. The Morgan fingerprint density at radius 1 is 1.43 bits per heavy atom. The second kappa shape index (κ2) is 4.50. The molecule has 0 aromatic heterocycles. The number of rotatable bonds is 3. The van der Waals surface area contributed by atoms with Crippen molar-refractivity contribution < 1.29 is 4.79 Å². The molecule has 76 valence electrons. The molecule has 0 heterocycles. The van der Waals surface area contributed by atoms with Gasteiger partial charge in [-0.05, 0) is 19.1 Å². The first-order chi connectivity index (χ1) is 6.65. The van der Waals surface area contributed by atoms with Crippen molar-refractivity contribution in [2.75, 3.05) is 18.1 Å². The number of hydrogen-bond donors (Lipinski definition) is 3. The number of nitrogen functional groups attached to an aromatic ring is 1. The second-order valence-electron chi connectivity index (χ2n) is 3.07. The Hall–Kier alpha value is -1.71. The normalized spacial score (nSPS) is 11.9. The van der Waals surface area contributed by atoms with Gasteiger partial charge in [-0.3, -0.25) is 4.79 Å². The van der Waals surface area contributed by atoms with E-state index >= 15 is 0 Å². The van der Waals surface area contributed by atoms with E-state index in [9.17, 15) is 4.79 Å². The van der Waals surface area contributed by atoms with Crippen LogP contribution in [0.15, 0.2) is 24.3 Å². The third-order valence-electron chi connectivity index (χ3n) is 1.97. The van der Waals surface area contributed by atoms with Crippen LogP contribution in [0.4, 0.5) is 11.4 Å². The molecule has 0 spiro atoms. The molecule has 0 fully saturated rings. The molecule has 0 radical (unpaired) electrons. The highest BCUT2D eigenvalue weighted by Crippen LogP contribution is 2.17. The molecule has 0 saturated heterocycles. The summed E-state index contributed by atoms with van der Waals surface area (Å²) in [5.41, 5.74) is 7.14. The predicted molar refractivity (Wildman–Crippen MR) is 58.0 cm³/mol. The van der Waals surface area contributed by atoms with Crippen LogP contribution in [0.3, 0.4) is 0 Å². The number of likely N-dealkylation sites (N-methyl/N-ethyl adjacent to an activating group) is 1. The van der Waals surface area contributed by atoms with Crippen LogP contribution in [0.25, 0.3) is 0 Å². The van der Waals surface area contributed by atoms with Crippen molar-refractivity contribution in [3.63, 3.8) is 0 Å². The van der Waals surface area contributed by atoms with E-state index in [1.54, 1.807) is 20.0 Å². The highest BCUT2D eigenvalue weighted by Gasteiger charge is 2.10. The van der Waals surface area contributed by atoms with Crippen molar-refractivity contribution in [3.05, 3.63) is 24.3 Å². The highest BCUT2D eigenvalue weighted by atomic mass is 16.2. The molecule has 0 aliphatic heterocycles. The maximum Gasteiger partial charge on any atom is 0.241 e. The van der Waals surface area contributed by atoms with Crippen molar-refractivity contribution in [3.8, 4) is 0 Å². The quantitative estimate of drug-likeness (QED) is 0.622. The summed E-state index contributed by atoms with van der Waals surface area (Å²) in [6, 6.07) is 7.07. The van der Waals surface area contributed by atoms with E-state index in [1.807, 2.05) is 18.2 Å². The minimum absolute atomic E-state index is 0.0618. The number of nitrogens with one attached hydrogen (secondary N) is 2. The molecule has 4 nitrogen and oxygen atoms in total. The zero-order valence-electron chi connectivity index (χ0n) is 8.37. The monoisotopic (exact) mass is 193 g/mol. The molecule has 1 aromatic carbocycles. The number of amides is 1. The van der Waals surface area contributed by atoms with Crippen LogP contribution in [0.2, 0.25) is 0 Å². The SMILES string of the molecule is CNC(=O)C(C)Nc1ccccc1N. The lowest BCUT2D eigenvalue weighted by Gasteiger charge is -2.14. The molecule has 4 N–H and O–H groups in total. The number of para-hydroxylation sites is 2. The van der Waals surface area contributed by atoms with E-state index in [1.165, 1.54) is 0 Å². The molecule has 1 atom stereocenters. The largest absolute Gasteiger partial charge is 0.397 e. The van der Waals surface area contributed by atoms with E-state index in [2.05, 4.69) is 10.6 Å². The zero-order chi connectivity index (χ0) is 10.6. The van der Waals surface area contributed by atoms with Crippen molar-refractivity contribution in [2.45, 2.75) is 13.0 Å². The summed E-state index contributed by atoms with van der Waals surface area (Å²) < 4.78 is 0. The molecule has 1 aromatic rings. The zero-order valence-corrected chi connectivity index (χ0v) is 8.37. The summed E-state index contributed by atoms with van der Waals surface area (Å²) in [6.07, 6.45) is 0. The van der Waals surface area contributed by atoms with Crippen LogP contribution < -0.4 is 16.4 Å². The highest BCUT2D eigenvalue weighted by molar-refractivity contribution is 5.85. The Morgan fingerprint density at radius 3 is 2.64 bits per heavy atom. The van der Waals surface area contributed by atoms with Gasteiger partial charge in [0.2, 0.25) is 5.91 Å². The lowest BCUT2D eigenvalue weighted by atomic mass is 10.2. The Morgan fingerprint density at radius 2 is 2.07 bits per heavy atom. The fourth-order valence-corrected chi connectivity index (χ4v) is 1.14. The summed E-state index contributed by atoms with van der Waals surface area (Å²) in [6.45, 7) is 1.78. The number of carbonyl (C=O) groups is 1. The molecule has 0 saturated carbocycles. The summed E-state index contributed by atoms with van der Waals surface area (Å²) in [5, 5.41) is 5.59. The summed E-state index contributed by atoms with van der Waals surface area (Å²) in [4.78, 5) is 11.2. The predicted octanol–water partition coefficient (Wildman–Crippen LogP) is 0.815. The molecule has 4 heteroatoms. The summed E-state index contributed by atoms with van der Waals surface area (Å²) >= 11 is 0. The van der Waals surface area contributed by atoms with E-state index in [0.717, 1.165) is 5.69 Å². The van der Waals surface area contributed by atoms with Crippen LogP contribution in [0.5, 0.6) is 0 Å². The third kappa shape index (κ3) is 2.39. The molecule has 0 aliphatic rings. The van der Waals surface area contributed by atoms with E-state index in [-0.39, 0.29) is 11.9 Å². The van der Waals surface area contributed by atoms with Crippen LogP contribution in [0, 0.1) is 0 Å². The van der Waals surface area contributed by atoms with Gasteiger partial charge in [0, 0.05) is 7.05 Å². The minimum atomic E-state index is -0.287. The van der Waals surface area contributed by atoms with Crippen molar-refractivity contribution in [1.82, 2.24) is 5.32 Å². The standard InChI is InChI=1S/C10H15N3O/c1-7(10(14)12-2)13-9-6-4-3-5-8(9)11/h3-7,13H,11H2,1-2H3,(H,12,14). The Kier molecular flexibility index (Phi) is 3.34. The average Bonchev–Trinajstić information content (AvgIpc) is 2.20. The van der Waals surface area contributed by atoms with Gasteiger partial charge in [-0.25, -0.2) is 0 Å². The number of carbonyl (C=O) groups excluding carboxylic acids is 1. The average molecular weight is 193 g/mol. The van der Waals surface area contributed by atoms with Crippen molar-refractivity contribution in [1.29, 1.82) is 0 Å². The van der Waals surface area contributed by atoms with Gasteiger partial charge in [-0.1, -0.05) is 12.1 Å². The maximum atomic E-state index is 11.2. The van der Waals surface area contributed by atoms with Crippen LogP contribution in [-0.4, -0.2) is 19.0 Å². The Labute approximate surface area is 83.5 Å². The first kappa shape index (κ1) is 10.4. The molecule has 0 aliphatic carbocycles. The van der Waals surface area contributed by atoms with Crippen LogP contribution >= 0.6 is 0 Å². The molecule has 1 amide bonds. The van der Waals surface area contributed by atoms with Gasteiger partial charge in [0.1, 0.15) is 6.04 Å². The fraction of sp³-hybridized carbons (Fsp3) is 0.300. The Balaban J connectivity index is 2.69. The first-order valence-electron chi connectivity index (χ1n) is 4.47. The van der Waals surface area contributed by atoms with Gasteiger partial charge < -0.3 is 16.4 Å². The first-order valence-corrected chi connectivity index (χ1v) is 4.47.